The van der Waals surface area contributed by atoms with Crippen molar-refractivity contribution < 1.29 is 14.6 Å². The second-order valence-corrected chi connectivity index (χ2v) is 7.29. The fourth-order valence-electron chi connectivity index (χ4n) is 4.23. The first-order valence-corrected chi connectivity index (χ1v) is 7.77. The molecule has 0 saturated heterocycles. The second kappa shape index (κ2) is 5.18. The van der Waals surface area contributed by atoms with Gasteiger partial charge in [-0.3, -0.25) is 4.79 Å². The summed E-state index contributed by atoms with van der Waals surface area (Å²) in [5.74, 6) is -0.0795. The smallest absolute Gasteiger partial charge is 0.303 e. The molecule has 2 aliphatic rings. The highest BCUT2D eigenvalue weighted by atomic mass is 16.6. The van der Waals surface area contributed by atoms with Crippen molar-refractivity contribution in [1.29, 1.82) is 0 Å². The van der Waals surface area contributed by atoms with Gasteiger partial charge in [0.05, 0.1) is 0 Å². The quantitative estimate of drug-likeness (QED) is 0.622. The summed E-state index contributed by atoms with van der Waals surface area (Å²) in [6.07, 6.45) is 5.73. The van der Waals surface area contributed by atoms with E-state index in [1.807, 2.05) is 13.8 Å². The van der Waals surface area contributed by atoms with Crippen molar-refractivity contribution in [2.45, 2.75) is 72.0 Å². The van der Waals surface area contributed by atoms with Gasteiger partial charge in [0.25, 0.3) is 0 Å². The molecule has 1 fully saturated rings. The third-order valence-corrected chi connectivity index (χ3v) is 5.61. The molecule has 1 saturated carbocycles. The van der Waals surface area contributed by atoms with E-state index < -0.39 is 11.7 Å². The molecule has 0 bridgehead atoms. The molecule has 4 atom stereocenters. The fourth-order valence-corrected chi connectivity index (χ4v) is 4.23. The average molecular weight is 280 g/mol. The summed E-state index contributed by atoms with van der Waals surface area (Å²) in [6.45, 7) is 9.87. The monoisotopic (exact) mass is 280 g/mol. The van der Waals surface area contributed by atoms with Gasteiger partial charge in [-0.15, -0.1) is 0 Å². The fraction of sp³-hybridized carbons (Fsp3) is 0.824. The van der Waals surface area contributed by atoms with E-state index in [-0.39, 0.29) is 23.2 Å². The van der Waals surface area contributed by atoms with Crippen LogP contribution in [-0.4, -0.2) is 22.8 Å². The number of hydrogen-bond acceptors (Lipinski definition) is 3. The van der Waals surface area contributed by atoms with Crippen molar-refractivity contribution in [3.63, 3.8) is 0 Å². The minimum atomic E-state index is -0.914. The van der Waals surface area contributed by atoms with Gasteiger partial charge in [-0.25, -0.2) is 0 Å². The van der Waals surface area contributed by atoms with Crippen LogP contribution in [0.3, 0.4) is 0 Å². The Bertz CT molecular complexity index is 426. The van der Waals surface area contributed by atoms with Crippen molar-refractivity contribution in [2.24, 2.45) is 17.3 Å². The van der Waals surface area contributed by atoms with Crippen LogP contribution in [0.5, 0.6) is 0 Å². The number of allylic oxidation sites excluding steroid dienone is 1. The summed E-state index contributed by atoms with van der Waals surface area (Å²) in [7, 11) is 0. The van der Waals surface area contributed by atoms with Crippen molar-refractivity contribution in [3.05, 3.63) is 11.6 Å². The molecule has 114 valence electrons. The van der Waals surface area contributed by atoms with Crippen LogP contribution in [0.1, 0.15) is 60.3 Å². The Labute approximate surface area is 122 Å². The van der Waals surface area contributed by atoms with E-state index in [0.29, 0.717) is 6.42 Å². The maximum atomic E-state index is 11.6. The topological polar surface area (TPSA) is 46.5 Å². The molecular formula is C17H28O3. The predicted molar refractivity (Wildman–Crippen MR) is 79.2 cm³/mol. The zero-order valence-electron chi connectivity index (χ0n) is 13.4. The largest absolute Gasteiger partial charge is 0.459 e. The molecule has 0 unspecified atom stereocenters. The van der Waals surface area contributed by atoms with E-state index in [0.717, 1.165) is 19.3 Å². The number of carbonyl (C=O) groups is 1. The molecule has 0 radical (unpaired) electrons. The summed E-state index contributed by atoms with van der Waals surface area (Å²) in [4.78, 5) is 11.6. The SMILES string of the molecule is CC(=O)O[C@@H]1[C@H]2C(C)=CCC[C@]2(C)CC[C@@]1(O)C(C)C. The van der Waals surface area contributed by atoms with Gasteiger partial charge in [0.1, 0.15) is 11.7 Å². The van der Waals surface area contributed by atoms with Crippen molar-refractivity contribution in [1.82, 2.24) is 0 Å². The first-order valence-electron chi connectivity index (χ1n) is 7.77. The lowest BCUT2D eigenvalue weighted by Crippen LogP contribution is -2.60. The lowest BCUT2D eigenvalue weighted by Gasteiger charge is -2.55. The Kier molecular flexibility index (Phi) is 4.03. The molecule has 0 aromatic carbocycles. The van der Waals surface area contributed by atoms with Crippen molar-refractivity contribution in [2.75, 3.05) is 0 Å². The van der Waals surface area contributed by atoms with E-state index >= 15 is 0 Å². The molecule has 2 aliphatic carbocycles. The third kappa shape index (κ3) is 2.41. The first-order chi connectivity index (χ1) is 9.20. The number of aliphatic hydroxyl groups is 1. The number of carbonyl (C=O) groups excluding carboxylic acids is 1. The molecule has 0 heterocycles. The van der Waals surface area contributed by atoms with Crippen LogP contribution in [-0.2, 0) is 9.53 Å². The normalized spacial score (nSPS) is 41.0. The average Bonchev–Trinajstić information content (AvgIpc) is 2.33. The summed E-state index contributed by atoms with van der Waals surface area (Å²) in [5, 5.41) is 11.1. The zero-order chi connectivity index (χ0) is 15.1. The predicted octanol–water partition coefficient (Wildman–Crippen LogP) is 3.46. The van der Waals surface area contributed by atoms with Gasteiger partial charge in [0.2, 0.25) is 0 Å². The molecule has 0 spiro atoms. The van der Waals surface area contributed by atoms with Crippen LogP contribution in [0.25, 0.3) is 0 Å². The Morgan fingerprint density at radius 3 is 2.60 bits per heavy atom. The molecule has 2 rings (SSSR count). The van der Waals surface area contributed by atoms with Gasteiger partial charge in [-0.05, 0) is 43.9 Å². The van der Waals surface area contributed by atoms with Crippen LogP contribution in [0.4, 0.5) is 0 Å². The van der Waals surface area contributed by atoms with E-state index in [9.17, 15) is 9.90 Å². The Balaban J connectivity index is 2.45. The highest BCUT2D eigenvalue weighted by Crippen LogP contribution is 2.55. The molecule has 3 nitrogen and oxygen atoms in total. The van der Waals surface area contributed by atoms with Gasteiger partial charge in [0.15, 0.2) is 0 Å². The van der Waals surface area contributed by atoms with Crippen LogP contribution < -0.4 is 0 Å². The standard InChI is InChI=1S/C17H28O3/c1-11(2)17(19)10-9-16(5)8-6-7-12(3)14(16)15(17)20-13(4)18/h7,11,14-15,19H,6,8-10H2,1-5H3/t14-,15-,16-,17-/m1/s1. The lowest BCUT2D eigenvalue weighted by molar-refractivity contribution is -0.204. The lowest BCUT2D eigenvalue weighted by atomic mass is 9.54. The molecule has 0 aromatic rings. The molecule has 0 aliphatic heterocycles. The third-order valence-electron chi connectivity index (χ3n) is 5.61. The van der Waals surface area contributed by atoms with Gasteiger partial charge < -0.3 is 9.84 Å². The van der Waals surface area contributed by atoms with Crippen LogP contribution in [0, 0.1) is 17.3 Å². The number of rotatable bonds is 2. The van der Waals surface area contributed by atoms with E-state index in [1.165, 1.54) is 12.5 Å². The Morgan fingerprint density at radius 1 is 1.40 bits per heavy atom. The maximum Gasteiger partial charge on any atom is 0.303 e. The highest BCUT2D eigenvalue weighted by Gasteiger charge is 2.57. The number of hydrogen-bond donors (Lipinski definition) is 1. The number of fused-ring (bicyclic) bond motifs is 1. The Hall–Kier alpha value is -0.830. The van der Waals surface area contributed by atoms with E-state index in [1.54, 1.807) is 0 Å². The second-order valence-electron chi connectivity index (χ2n) is 7.29. The summed E-state index contributed by atoms with van der Waals surface area (Å²) >= 11 is 0. The van der Waals surface area contributed by atoms with Gasteiger partial charge in [-0.1, -0.05) is 32.4 Å². The van der Waals surface area contributed by atoms with E-state index in [2.05, 4.69) is 19.9 Å². The minimum absolute atomic E-state index is 0.0751. The van der Waals surface area contributed by atoms with Crippen LogP contribution in [0.15, 0.2) is 11.6 Å². The molecule has 0 aromatic heterocycles. The van der Waals surface area contributed by atoms with Crippen LogP contribution >= 0.6 is 0 Å². The zero-order valence-corrected chi connectivity index (χ0v) is 13.4. The number of ether oxygens (including phenoxy) is 1. The van der Waals surface area contributed by atoms with Crippen LogP contribution in [0.2, 0.25) is 0 Å². The number of esters is 1. The molecular weight excluding hydrogens is 252 g/mol. The minimum Gasteiger partial charge on any atom is -0.459 e. The van der Waals surface area contributed by atoms with Gasteiger partial charge in [0, 0.05) is 12.8 Å². The summed E-state index contributed by atoms with van der Waals surface area (Å²) in [6, 6.07) is 0. The summed E-state index contributed by atoms with van der Waals surface area (Å²) in [5.41, 5.74) is 0.492. The van der Waals surface area contributed by atoms with Gasteiger partial charge >= 0.3 is 5.97 Å². The maximum absolute atomic E-state index is 11.6. The highest BCUT2D eigenvalue weighted by molar-refractivity contribution is 5.66. The first kappa shape index (κ1) is 15.6. The van der Waals surface area contributed by atoms with Crippen molar-refractivity contribution in [3.8, 4) is 0 Å². The van der Waals surface area contributed by atoms with Gasteiger partial charge in [-0.2, -0.15) is 0 Å². The molecule has 1 N–H and O–H groups in total. The molecule has 3 heteroatoms. The van der Waals surface area contributed by atoms with E-state index in [4.69, 9.17) is 4.74 Å². The van der Waals surface area contributed by atoms with Crippen molar-refractivity contribution >= 4 is 5.97 Å². The molecule has 20 heavy (non-hydrogen) atoms. The molecule has 0 amide bonds. The summed E-state index contributed by atoms with van der Waals surface area (Å²) < 4.78 is 5.64. The Morgan fingerprint density at radius 2 is 2.05 bits per heavy atom.